The van der Waals surface area contributed by atoms with E-state index in [1.54, 1.807) is 19.1 Å². The van der Waals surface area contributed by atoms with Crippen LogP contribution in [0.5, 0.6) is 5.75 Å². The Morgan fingerprint density at radius 1 is 1.46 bits per heavy atom. The number of rotatable bonds is 3. The van der Waals surface area contributed by atoms with Crippen molar-refractivity contribution in [3.8, 4) is 5.75 Å². The molecule has 0 saturated carbocycles. The van der Waals surface area contributed by atoms with Crippen molar-refractivity contribution in [2.75, 3.05) is 0 Å². The number of hydrogen-bond acceptors (Lipinski definition) is 3. The van der Waals surface area contributed by atoms with E-state index in [0.29, 0.717) is 6.42 Å². The van der Waals surface area contributed by atoms with Gasteiger partial charge in [-0.3, -0.25) is 4.79 Å². The van der Waals surface area contributed by atoms with E-state index in [4.69, 9.17) is 0 Å². The normalized spacial score (nSPS) is 12.5. The molecular weight excluding hydrogens is 168 g/mol. The second-order valence-corrected chi connectivity index (χ2v) is 2.81. The van der Waals surface area contributed by atoms with Crippen molar-refractivity contribution < 1.29 is 15.0 Å². The van der Waals surface area contributed by atoms with E-state index in [0.717, 1.165) is 0 Å². The molecule has 3 heteroatoms. The van der Waals surface area contributed by atoms with Gasteiger partial charge >= 0.3 is 0 Å². The summed E-state index contributed by atoms with van der Waals surface area (Å²) in [4.78, 5) is 11.4. The Hall–Kier alpha value is -1.35. The van der Waals surface area contributed by atoms with E-state index in [1.807, 2.05) is 0 Å². The van der Waals surface area contributed by atoms with Crippen LogP contribution in [0.2, 0.25) is 0 Å². The molecule has 13 heavy (non-hydrogen) atoms. The van der Waals surface area contributed by atoms with Crippen molar-refractivity contribution in [3.05, 3.63) is 29.8 Å². The Balaban J connectivity index is 2.95. The molecule has 0 aliphatic rings. The number of carbonyl (C=O) groups is 1. The zero-order valence-electron chi connectivity index (χ0n) is 7.40. The summed E-state index contributed by atoms with van der Waals surface area (Å²) in [5.41, 5.74) is 0.178. The molecule has 0 spiro atoms. The van der Waals surface area contributed by atoms with Crippen LogP contribution in [-0.2, 0) is 0 Å². The van der Waals surface area contributed by atoms with E-state index < -0.39 is 11.9 Å². The second kappa shape index (κ2) is 4.05. The number of aliphatic hydroxyl groups excluding tert-OH is 1. The molecular formula is C10H12O3. The van der Waals surface area contributed by atoms with Crippen LogP contribution in [0.4, 0.5) is 0 Å². The summed E-state index contributed by atoms with van der Waals surface area (Å²) in [6.07, 6.45) is -0.666. The van der Waals surface area contributed by atoms with Crippen molar-refractivity contribution in [2.45, 2.75) is 19.4 Å². The molecule has 70 valence electrons. The van der Waals surface area contributed by atoms with E-state index in [-0.39, 0.29) is 11.3 Å². The summed E-state index contributed by atoms with van der Waals surface area (Å²) in [6.45, 7) is 1.71. The molecule has 0 saturated heterocycles. The van der Waals surface area contributed by atoms with Gasteiger partial charge in [-0.2, -0.15) is 0 Å². The van der Waals surface area contributed by atoms with Crippen LogP contribution in [0.1, 0.15) is 23.7 Å². The highest BCUT2D eigenvalue weighted by Gasteiger charge is 2.17. The van der Waals surface area contributed by atoms with Gasteiger partial charge in [-0.1, -0.05) is 19.1 Å². The number of ketones is 1. The lowest BCUT2D eigenvalue weighted by molar-refractivity contribution is 0.0738. The number of hydrogen-bond donors (Lipinski definition) is 2. The van der Waals surface area contributed by atoms with Gasteiger partial charge in [0, 0.05) is 0 Å². The lowest BCUT2D eigenvalue weighted by Gasteiger charge is -2.07. The number of benzene rings is 1. The Morgan fingerprint density at radius 2 is 2.08 bits per heavy atom. The van der Waals surface area contributed by atoms with Crippen LogP contribution < -0.4 is 0 Å². The van der Waals surface area contributed by atoms with Gasteiger partial charge in [0.25, 0.3) is 0 Å². The Bertz CT molecular complexity index is 307. The predicted octanol–water partition coefficient (Wildman–Crippen LogP) is 1.35. The first-order valence-electron chi connectivity index (χ1n) is 4.17. The summed E-state index contributed by atoms with van der Waals surface area (Å²) in [6, 6.07) is 6.20. The molecule has 0 amide bonds. The SMILES string of the molecule is CCC(O)C(=O)c1ccccc1O. The monoisotopic (exact) mass is 180 g/mol. The lowest BCUT2D eigenvalue weighted by Crippen LogP contribution is -2.19. The smallest absolute Gasteiger partial charge is 0.194 e. The maximum absolute atomic E-state index is 11.4. The highest BCUT2D eigenvalue weighted by Crippen LogP contribution is 2.18. The number of Topliss-reactive ketones (excluding diaryl/α,β-unsaturated/α-hetero) is 1. The third-order valence-corrected chi connectivity index (χ3v) is 1.86. The lowest BCUT2D eigenvalue weighted by atomic mass is 10.0. The fraction of sp³-hybridized carbons (Fsp3) is 0.300. The number of carbonyl (C=O) groups excluding carboxylic acids is 1. The number of aliphatic hydroxyl groups is 1. The van der Waals surface area contributed by atoms with Gasteiger partial charge in [0.2, 0.25) is 0 Å². The van der Waals surface area contributed by atoms with Crippen LogP contribution in [0.3, 0.4) is 0 Å². The topological polar surface area (TPSA) is 57.5 Å². The van der Waals surface area contributed by atoms with Crippen LogP contribution in [0.25, 0.3) is 0 Å². The van der Waals surface area contributed by atoms with E-state index in [2.05, 4.69) is 0 Å². The summed E-state index contributed by atoms with van der Waals surface area (Å²) >= 11 is 0. The van der Waals surface area contributed by atoms with Crippen molar-refractivity contribution in [1.82, 2.24) is 0 Å². The average Bonchev–Trinajstić information content (AvgIpc) is 2.16. The summed E-state index contributed by atoms with van der Waals surface area (Å²) in [7, 11) is 0. The van der Waals surface area contributed by atoms with Crippen molar-refractivity contribution in [3.63, 3.8) is 0 Å². The third-order valence-electron chi connectivity index (χ3n) is 1.86. The standard InChI is InChI=1S/C10H12O3/c1-2-8(11)10(13)7-5-3-4-6-9(7)12/h3-6,8,11-12H,2H2,1H3. The quantitative estimate of drug-likeness (QED) is 0.690. The van der Waals surface area contributed by atoms with Crippen molar-refractivity contribution >= 4 is 5.78 Å². The van der Waals surface area contributed by atoms with Crippen LogP contribution in [0.15, 0.2) is 24.3 Å². The Morgan fingerprint density at radius 3 is 2.62 bits per heavy atom. The second-order valence-electron chi connectivity index (χ2n) is 2.81. The van der Waals surface area contributed by atoms with E-state index in [9.17, 15) is 15.0 Å². The fourth-order valence-electron chi connectivity index (χ4n) is 1.05. The van der Waals surface area contributed by atoms with E-state index in [1.165, 1.54) is 12.1 Å². The molecule has 2 N–H and O–H groups in total. The fourth-order valence-corrected chi connectivity index (χ4v) is 1.05. The molecule has 1 unspecified atom stereocenters. The largest absolute Gasteiger partial charge is 0.507 e. The minimum absolute atomic E-state index is 0.0833. The molecule has 0 radical (unpaired) electrons. The third kappa shape index (κ3) is 2.06. The van der Waals surface area contributed by atoms with Crippen molar-refractivity contribution in [2.24, 2.45) is 0 Å². The summed E-state index contributed by atoms with van der Waals surface area (Å²) in [5, 5.41) is 18.5. The highest BCUT2D eigenvalue weighted by atomic mass is 16.3. The molecule has 1 rings (SSSR count). The van der Waals surface area contributed by atoms with Gasteiger partial charge in [-0.15, -0.1) is 0 Å². The zero-order valence-corrected chi connectivity index (χ0v) is 7.40. The first-order chi connectivity index (χ1) is 6.16. The van der Waals surface area contributed by atoms with Gasteiger partial charge in [0.1, 0.15) is 11.9 Å². The molecule has 0 bridgehead atoms. The summed E-state index contributed by atoms with van der Waals surface area (Å²) in [5.74, 6) is -0.513. The van der Waals surface area contributed by atoms with Gasteiger partial charge in [-0.05, 0) is 18.6 Å². The van der Waals surface area contributed by atoms with Crippen LogP contribution in [-0.4, -0.2) is 22.1 Å². The number of aromatic hydroxyl groups is 1. The molecule has 0 heterocycles. The molecule has 0 aliphatic carbocycles. The molecule has 0 fully saturated rings. The van der Waals surface area contributed by atoms with Gasteiger partial charge in [0.15, 0.2) is 5.78 Å². The van der Waals surface area contributed by atoms with Gasteiger partial charge < -0.3 is 10.2 Å². The Labute approximate surface area is 76.6 Å². The maximum Gasteiger partial charge on any atom is 0.194 e. The zero-order chi connectivity index (χ0) is 9.84. The molecule has 0 aliphatic heterocycles. The Kier molecular flexibility index (Phi) is 3.03. The number of para-hydroxylation sites is 1. The first-order valence-corrected chi connectivity index (χ1v) is 4.17. The predicted molar refractivity (Wildman–Crippen MR) is 48.7 cm³/mol. The molecule has 1 aromatic rings. The average molecular weight is 180 g/mol. The maximum atomic E-state index is 11.4. The van der Waals surface area contributed by atoms with E-state index >= 15 is 0 Å². The molecule has 0 aromatic heterocycles. The van der Waals surface area contributed by atoms with Gasteiger partial charge in [0.05, 0.1) is 5.56 Å². The number of phenols is 1. The molecule has 1 atom stereocenters. The number of phenolic OH excluding ortho intramolecular Hbond substituents is 1. The molecule has 3 nitrogen and oxygen atoms in total. The first kappa shape index (κ1) is 9.74. The van der Waals surface area contributed by atoms with Crippen molar-refractivity contribution in [1.29, 1.82) is 0 Å². The summed E-state index contributed by atoms with van der Waals surface area (Å²) < 4.78 is 0. The van der Waals surface area contributed by atoms with Crippen LogP contribution in [0, 0.1) is 0 Å². The minimum atomic E-state index is -1.02. The van der Waals surface area contributed by atoms with Gasteiger partial charge in [-0.25, -0.2) is 0 Å². The minimum Gasteiger partial charge on any atom is -0.507 e. The molecule has 1 aromatic carbocycles. The highest BCUT2D eigenvalue weighted by molar-refractivity contribution is 6.01. The van der Waals surface area contributed by atoms with Crippen LogP contribution >= 0.6 is 0 Å².